The van der Waals surface area contributed by atoms with Gasteiger partial charge in [-0.3, -0.25) is 0 Å². The molecule has 1 aromatic carbocycles. The van der Waals surface area contributed by atoms with E-state index in [4.69, 9.17) is 0 Å². The Morgan fingerprint density at radius 1 is 1.14 bits per heavy atom. The lowest BCUT2D eigenvalue weighted by Crippen LogP contribution is -2.32. The summed E-state index contributed by atoms with van der Waals surface area (Å²) in [5, 5.41) is 3.90. The van der Waals surface area contributed by atoms with Gasteiger partial charge in [-0.1, -0.05) is 31.5 Å². The fourth-order valence-corrected chi connectivity index (χ4v) is 5.30. The molecule has 4 unspecified atom stereocenters. The number of nitrogens with one attached hydrogen (secondary N) is 1. The summed E-state index contributed by atoms with van der Waals surface area (Å²) in [5.74, 6) is 2.94. The zero-order valence-electron chi connectivity index (χ0n) is 13.4. The van der Waals surface area contributed by atoms with Gasteiger partial charge in [-0.05, 0) is 85.9 Å². The van der Waals surface area contributed by atoms with E-state index in [2.05, 4.69) is 30.4 Å². The van der Waals surface area contributed by atoms with Crippen molar-refractivity contribution in [1.29, 1.82) is 0 Å². The predicted octanol–water partition coefficient (Wildman–Crippen LogP) is 4.65. The van der Waals surface area contributed by atoms with E-state index in [0.717, 1.165) is 24.3 Å². The lowest BCUT2D eigenvalue weighted by Gasteiger charge is -2.32. The zero-order valence-corrected chi connectivity index (χ0v) is 13.4. The highest BCUT2D eigenvalue weighted by molar-refractivity contribution is 5.37. The Balaban J connectivity index is 1.60. The van der Waals surface area contributed by atoms with Crippen molar-refractivity contribution >= 4 is 0 Å². The molecule has 0 radical (unpaired) electrons. The van der Waals surface area contributed by atoms with E-state index >= 15 is 0 Å². The Kier molecular flexibility index (Phi) is 3.79. The van der Waals surface area contributed by atoms with Crippen molar-refractivity contribution in [3.8, 4) is 0 Å². The molecule has 2 bridgehead atoms. The Bertz CT molecular complexity index is 507. The summed E-state index contributed by atoms with van der Waals surface area (Å²) < 4.78 is 0. The molecule has 1 nitrogen and oxygen atoms in total. The molecule has 2 saturated carbocycles. The fraction of sp³-hybridized carbons (Fsp3) is 0.700. The highest BCUT2D eigenvalue weighted by Gasteiger charge is 2.43. The van der Waals surface area contributed by atoms with Gasteiger partial charge in [0.15, 0.2) is 0 Å². The molecular formula is C20H29N. The van der Waals surface area contributed by atoms with E-state index in [-0.39, 0.29) is 0 Å². The van der Waals surface area contributed by atoms with Crippen molar-refractivity contribution in [3.05, 3.63) is 34.9 Å². The third-order valence-electron chi connectivity index (χ3n) is 6.32. The average molecular weight is 283 g/mol. The van der Waals surface area contributed by atoms with E-state index in [0.29, 0.717) is 6.04 Å². The van der Waals surface area contributed by atoms with Crippen molar-refractivity contribution in [2.45, 2.75) is 64.3 Å². The first kappa shape index (κ1) is 13.8. The van der Waals surface area contributed by atoms with Crippen molar-refractivity contribution in [2.75, 3.05) is 6.54 Å². The quantitative estimate of drug-likeness (QED) is 0.829. The Labute approximate surface area is 129 Å². The van der Waals surface area contributed by atoms with Crippen LogP contribution in [0.2, 0.25) is 0 Å². The van der Waals surface area contributed by atoms with Crippen LogP contribution in [-0.4, -0.2) is 6.54 Å². The standard InChI is InChI=1S/C20H29N/c1-2-10-21-20(19-12-14-6-7-17(19)11-14)18-9-8-15-4-3-5-16(15)13-18/h8-9,13-14,17,19-21H,2-7,10-12H2,1H3. The van der Waals surface area contributed by atoms with Crippen LogP contribution < -0.4 is 5.32 Å². The highest BCUT2D eigenvalue weighted by atomic mass is 14.9. The van der Waals surface area contributed by atoms with Gasteiger partial charge in [0.25, 0.3) is 0 Å². The Morgan fingerprint density at radius 2 is 2.05 bits per heavy atom. The molecule has 114 valence electrons. The Hall–Kier alpha value is -0.820. The lowest BCUT2D eigenvalue weighted by atomic mass is 9.80. The second-order valence-electron chi connectivity index (χ2n) is 7.65. The molecule has 1 N–H and O–H groups in total. The topological polar surface area (TPSA) is 12.0 Å². The van der Waals surface area contributed by atoms with Gasteiger partial charge < -0.3 is 5.32 Å². The lowest BCUT2D eigenvalue weighted by molar-refractivity contribution is 0.251. The first-order valence-electron chi connectivity index (χ1n) is 9.20. The molecule has 4 atom stereocenters. The van der Waals surface area contributed by atoms with Gasteiger partial charge in [-0.25, -0.2) is 0 Å². The van der Waals surface area contributed by atoms with Gasteiger partial charge in [-0.15, -0.1) is 0 Å². The van der Waals surface area contributed by atoms with E-state index in [1.165, 1.54) is 51.4 Å². The molecule has 4 rings (SSSR count). The summed E-state index contributed by atoms with van der Waals surface area (Å²) in [6.07, 6.45) is 11.2. The van der Waals surface area contributed by atoms with Crippen LogP contribution in [0, 0.1) is 17.8 Å². The number of aryl methyl sites for hydroxylation is 2. The maximum atomic E-state index is 3.90. The van der Waals surface area contributed by atoms with E-state index in [1.54, 1.807) is 16.7 Å². The Morgan fingerprint density at radius 3 is 2.81 bits per heavy atom. The van der Waals surface area contributed by atoms with Crippen molar-refractivity contribution in [2.24, 2.45) is 17.8 Å². The normalized spacial score (nSPS) is 31.6. The van der Waals surface area contributed by atoms with Crippen LogP contribution in [0.15, 0.2) is 18.2 Å². The van der Waals surface area contributed by atoms with Gasteiger partial charge in [-0.2, -0.15) is 0 Å². The molecule has 3 aliphatic rings. The van der Waals surface area contributed by atoms with E-state index < -0.39 is 0 Å². The van der Waals surface area contributed by atoms with Crippen LogP contribution in [0.5, 0.6) is 0 Å². The van der Waals surface area contributed by atoms with Crippen molar-refractivity contribution < 1.29 is 0 Å². The average Bonchev–Trinajstić information content (AvgIpc) is 3.23. The summed E-state index contributed by atoms with van der Waals surface area (Å²) >= 11 is 0. The first-order valence-corrected chi connectivity index (χ1v) is 9.20. The largest absolute Gasteiger partial charge is 0.310 e. The van der Waals surface area contributed by atoms with Crippen LogP contribution >= 0.6 is 0 Å². The summed E-state index contributed by atoms with van der Waals surface area (Å²) in [5.41, 5.74) is 4.83. The summed E-state index contributed by atoms with van der Waals surface area (Å²) in [4.78, 5) is 0. The molecule has 0 amide bonds. The van der Waals surface area contributed by atoms with Gasteiger partial charge in [0.2, 0.25) is 0 Å². The number of rotatable bonds is 5. The summed E-state index contributed by atoms with van der Waals surface area (Å²) in [7, 11) is 0. The number of fused-ring (bicyclic) bond motifs is 3. The monoisotopic (exact) mass is 283 g/mol. The third-order valence-corrected chi connectivity index (χ3v) is 6.32. The molecule has 0 aromatic heterocycles. The predicted molar refractivity (Wildman–Crippen MR) is 88.4 cm³/mol. The number of hydrogen-bond acceptors (Lipinski definition) is 1. The highest BCUT2D eigenvalue weighted by Crippen LogP contribution is 2.52. The van der Waals surface area contributed by atoms with Crippen molar-refractivity contribution in [3.63, 3.8) is 0 Å². The zero-order chi connectivity index (χ0) is 14.2. The maximum absolute atomic E-state index is 3.90. The smallest absolute Gasteiger partial charge is 0.0351 e. The molecular weight excluding hydrogens is 254 g/mol. The molecule has 3 aliphatic carbocycles. The molecule has 0 aliphatic heterocycles. The number of hydrogen-bond donors (Lipinski definition) is 1. The van der Waals surface area contributed by atoms with Crippen LogP contribution in [0.25, 0.3) is 0 Å². The van der Waals surface area contributed by atoms with E-state index in [9.17, 15) is 0 Å². The first-order chi connectivity index (χ1) is 10.3. The SMILES string of the molecule is CCCNC(c1ccc2c(c1)CCC2)C1CC2CCC1C2. The van der Waals surface area contributed by atoms with Gasteiger partial charge in [0, 0.05) is 6.04 Å². The second-order valence-corrected chi connectivity index (χ2v) is 7.65. The van der Waals surface area contributed by atoms with Crippen LogP contribution in [0.1, 0.15) is 68.2 Å². The minimum Gasteiger partial charge on any atom is -0.310 e. The molecule has 1 heteroatoms. The van der Waals surface area contributed by atoms with Crippen LogP contribution in [0.4, 0.5) is 0 Å². The van der Waals surface area contributed by atoms with Crippen LogP contribution in [-0.2, 0) is 12.8 Å². The fourth-order valence-electron chi connectivity index (χ4n) is 5.30. The molecule has 2 fully saturated rings. The molecule has 0 saturated heterocycles. The summed E-state index contributed by atoms with van der Waals surface area (Å²) in [6, 6.07) is 8.02. The molecule has 0 heterocycles. The van der Waals surface area contributed by atoms with Gasteiger partial charge >= 0.3 is 0 Å². The van der Waals surface area contributed by atoms with Crippen LogP contribution in [0.3, 0.4) is 0 Å². The molecule has 21 heavy (non-hydrogen) atoms. The van der Waals surface area contributed by atoms with E-state index in [1.807, 2.05) is 0 Å². The van der Waals surface area contributed by atoms with Gasteiger partial charge in [0.1, 0.15) is 0 Å². The minimum absolute atomic E-state index is 0.617. The summed E-state index contributed by atoms with van der Waals surface area (Å²) in [6.45, 7) is 3.45. The molecule has 1 aromatic rings. The minimum atomic E-state index is 0.617. The third kappa shape index (κ3) is 2.54. The molecule has 0 spiro atoms. The van der Waals surface area contributed by atoms with Gasteiger partial charge in [0.05, 0.1) is 0 Å². The number of benzene rings is 1. The van der Waals surface area contributed by atoms with Crippen molar-refractivity contribution in [1.82, 2.24) is 5.32 Å². The second kappa shape index (κ2) is 5.76. The maximum Gasteiger partial charge on any atom is 0.0351 e.